The predicted molar refractivity (Wildman–Crippen MR) is 67.2 cm³/mol. The van der Waals surface area contributed by atoms with Crippen molar-refractivity contribution in [1.29, 1.82) is 0 Å². The Kier molecular flexibility index (Phi) is 3.97. The number of benzene rings is 1. The number of carboxylic acids is 1. The maximum Gasteiger partial charge on any atom is 0.319 e. The second-order valence-corrected chi connectivity index (χ2v) is 4.43. The van der Waals surface area contributed by atoms with Gasteiger partial charge in [-0.2, -0.15) is 0 Å². The summed E-state index contributed by atoms with van der Waals surface area (Å²) in [7, 11) is 0. The molecule has 0 saturated heterocycles. The molecule has 5 nitrogen and oxygen atoms in total. The van der Waals surface area contributed by atoms with Crippen molar-refractivity contribution in [2.45, 2.75) is 12.5 Å². The van der Waals surface area contributed by atoms with Gasteiger partial charge >= 0.3 is 12.0 Å². The third kappa shape index (κ3) is 3.53. The second kappa shape index (κ2) is 5.68. The van der Waals surface area contributed by atoms with E-state index in [4.69, 9.17) is 5.11 Å². The molecule has 1 aromatic rings. The molecule has 1 aliphatic carbocycles. The van der Waals surface area contributed by atoms with Crippen molar-refractivity contribution < 1.29 is 23.5 Å². The zero-order chi connectivity index (χ0) is 14.7. The van der Waals surface area contributed by atoms with Gasteiger partial charge in [0.15, 0.2) is 0 Å². The van der Waals surface area contributed by atoms with E-state index in [0.29, 0.717) is 6.07 Å². The number of hydrogen-bond donors (Lipinski definition) is 3. The summed E-state index contributed by atoms with van der Waals surface area (Å²) in [5.41, 5.74) is -0.0169. The molecule has 0 saturated carbocycles. The minimum absolute atomic E-state index is 0.0169. The molecule has 0 bridgehead atoms. The van der Waals surface area contributed by atoms with E-state index in [1.807, 2.05) is 0 Å². The van der Waals surface area contributed by atoms with Crippen LogP contribution in [0.4, 0.5) is 19.3 Å². The second-order valence-electron chi connectivity index (χ2n) is 4.43. The number of urea groups is 1. The van der Waals surface area contributed by atoms with Gasteiger partial charge in [0, 0.05) is 11.8 Å². The third-order valence-corrected chi connectivity index (χ3v) is 2.84. The first-order chi connectivity index (χ1) is 9.44. The maximum atomic E-state index is 12.9. The van der Waals surface area contributed by atoms with Gasteiger partial charge < -0.3 is 15.7 Å². The van der Waals surface area contributed by atoms with E-state index in [1.54, 1.807) is 6.08 Å². The van der Waals surface area contributed by atoms with Gasteiger partial charge in [0.1, 0.15) is 11.6 Å². The fourth-order valence-corrected chi connectivity index (χ4v) is 1.95. The Morgan fingerprint density at radius 2 is 1.80 bits per heavy atom. The van der Waals surface area contributed by atoms with Crippen LogP contribution in [0.3, 0.4) is 0 Å². The molecular formula is C13H12F2N2O3. The van der Waals surface area contributed by atoms with Crippen LogP contribution in [0, 0.1) is 17.6 Å². The summed E-state index contributed by atoms with van der Waals surface area (Å²) >= 11 is 0. The molecule has 0 fully saturated rings. The van der Waals surface area contributed by atoms with Crippen LogP contribution < -0.4 is 10.6 Å². The Morgan fingerprint density at radius 1 is 1.15 bits per heavy atom. The zero-order valence-corrected chi connectivity index (χ0v) is 10.3. The molecule has 0 radical (unpaired) electrons. The lowest BCUT2D eigenvalue weighted by molar-refractivity contribution is -0.140. The van der Waals surface area contributed by atoms with Gasteiger partial charge in [0.05, 0.1) is 12.0 Å². The van der Waals surface area contributed by atoms with Crippen LogP contribution in [0.25, 0.3) is 0 Å². The number of halogens is 2. The molecule has 2 amide bonds. The first kappa shape index (κ1) is 14.0. The standard InChI is InChI=1S/C13H12F2N2O3/c14-8-4-9(15)6-11(5-8)17-13(20)16-10-2-1-7(3-10)12(18)19/h1-2,4-7,10H,3H2,(H,18,19)(H2,16,17,20). The minimum atomic E-state index is -0.960. The largest absolute Gasteiger partial charge is 0.481 e. The van der Waals surface area contributed by atoms with Crippen molar-refractivity contribution in [1.82, 2.24) is 5.32 Å². The Morgan fingerprint density at radius 3 is 2.35 bits per heavy atom. The monoisotopic (exact) mass is 282 g/mol. The highest BCUT2D eigenvalue weighted by Gasteiger charge is 2.25. The van der Waals surface area contributed by atoms with E-state index >= 15 is 0 Å². The number of rotatable bonds is 3. The topological polar surface area (TPSA) is 78.4 Å². The number of carbonyl (C=O) groups is 2. The van der Waals surface area contributed by atoms with E-state index in [1.165, 1.54) is 6.08 Å². The number of hydrogen-bond acceptors (Lipinski definition) is 2. The Hall–Kier alpha value is -2.44. The molecule has 3 N–H and O–H groups in total. The average Bonchev–Trinajstić information content (AvgIpc) is 2.75. The van der Waals surface area contributed by atoms with Crippen molar-refractivity contribution in [2.75, 3.05) is 5.32 Å². The molecule has 0 heterocycles. The molecule has 106 valence electrons. The normalized spacial score (nSPS) is 20.7. The average molecular weight is 282 g/mol. The lowest BCUT2D eigenvalue weighted by Gasteiger charge is -2.13. The third-order valence-electron chi connectivity index (χ3n) is 2.84. The van der Waals surface area contributed by atoms with Gasteiger partial charge in [-0.25, -0.2) is 13.6 Å². The van der Waals surface area contributed by atoms with Gasteiger partial charge in [-0.15, -0.1) is 0 Å². The van der Waals surface area contributed by atoms with Crippen LogP contribution >= 0.6 is 0 Å². The number of carbonyl (C=O) groups excluding carboxylic acids is 1. The van der Waals surface area contributed by atoms with E-state index in [9.17, 15) is 18.4 Å². The molecule has 1 aromatic carbocycles. The number of anilines is 1. The molecule has 0 aliphatic heterocycles. The maximum absolute atomic E-state index is 12.9. The van der Waals surface area contributed by atoms with Gasteiger partial charge in [-0.1, -0.05) is 12.2 Å². The van der Waals surface area contributed by atoms with E-state index in [-0.39, 0.29) is 12.1 Å². The first-order valence-electron chi connectivity index (χ1n) is 5.89. The molecule has 2 unspecified atom stereocenters. The number of carboxylic acid groups (broad SMARTS) is 1. The predicted octanol–water partition coefficient (Wildman–Crippen LogP) is 2.12. The summed E-state index contributed by atoms with van der Waals surface area (Å²) in [5.74, 6) is -3.19. The van der Waals surface area contributed by atoms with Crippen molar-refractivity contribution in [2.24, 2.45) is 5.92 Å². The van der Waals surface area contributed by atoms with Crippen molar-refractivity contribution in [3.8, 4) is 0 Å². The lowest BCUT2D eigenvalue weighted by atomic mass is 10.1. The molecule has 20 heavy (non-hydrogen) atoms. The molecule has 7 heteroatoms. The van der Waals surface area contributed by atoms with Gasteiger partial charge in [-0.3, -0.25) is 4.79 Å². The van der Waals surface area contributed by atoms with Crippen molar-refractivity contribution in [3.63, 3.8) is 0 Å². The highest BCUT2D eigenvalue weighted by molar-refractivity contribution is 5.89. The number of nitrogens with one attached hydrogen (secondary N) is 2. The summed E-state index contributed by atoms with van der Waals surface area (Å²) in [6.45, 7) is 0. The van der Waals surface area contributed by atoms with Crippen molar-refractivity contribution >= 4 is 17.7 Å². The summed E-state index contributed by atoms with van der Waals surface area (Å²) < 4.78 is 25.9. The fourth-order valence-electron chi connectivity index (χ4n) is 1.95. The Labute approximate surface area is 113 Å². The van der Waals surface area contributed by atoms with E-state index in [2.05, 4.69) is 10.6 Å². The molecular weight excluding hydrogens is 270 g/mol. The summed E-state index contributed by atoms with van der Waals surface area (Å²) in [6, 6.07) is 1.57. The van der Waals surface area contributed by atoms with Gasteiger partial charge in [0.2, 0.25) is 0 Å². The van der Waals surface area contributed by atoms with Crippen LogP contribution in [0.5, 0.6) is 0 Å². The summed E-state index contributed by atoms with van der Waals surface area (Å²) in [6.07, 6.45) is 3.32. The Bertz CT molecular complexity index is 554. The van der Waals surface area contributed by atoms with Crippen LogP contribution in [0.2, 0.25) is 0 Å². The minimum Gasteiger partial charge on any atom is -0.481 e. The lowest BCUT2D eigenvalue weighted by Crippen LogP contribution is -2.36. The SMILES string of the molecule is O=C(Nc1cc(F)cc(F)c1)NC1C=CC(C(=O)O)C1. The molecule has 0 spiro atoms. The molecule has 0 aromatic heterocycles. The number of aliphatic carboxylic acids is 1. The summed E-state index contributed by atoms with van der Waals surface area (Å²) in [4.78, 5) is 22.4. The van der Waals surface area contributed by atoms with Crippen LogP contribution in [0.1, 0.15) is 6.42 Å². The summed E-state index contributed by atoms with van der Waals surface area (Å²) in [5, 5.41) is 13.6. The quantitative estimate of drug-likeness (QED) is 0.743. The highest BCUT2D eigenvalue weighted by atomic mass is 19.1. The van der Waals surface area contributed by atoms with Crippen LogP contribution in [-0.4, -0.2) is 23.1 Å². The fraction of sp³-hybridized carbons (Fsp3) is 0.231. The number of amides is 2. The smallest absolute Gasteiger partial charge is 0.319 e. The van der Waals surface area contributed by atoms with Crippen LogP contribution in [-0.2, 0) is 4.79 Å². The van der Waals surface area contributed by atoms with E-state index < -0.39 is 35.6 Å². The molecule has 2 atom stereocenters. The molecule has 1 aliphatic rings. The Balaban J connectivity index is 1.90. The van der Waals surface area contributed by atoms with Gasteiger partial charge in [0.25, 0.3) is 0 Å². The first-order valence-corrected chi connectivity index (χ1v) is 5.89. The van der Waals surface area contributed by atoms with E-state index in [0.717, 1.165) is 12.1 Å². The zero-order valence-electron chi connectivity index (χ0n) is 10.3. The highest BCUT2D eigenvalue weighted by Crippen LogP contribution is 2.18. The molecule has 2 rings (SSSR count). The van der Waals surface area contributed by atoms with Crippen molar-refractivity contribution in [3.05, 3.63) is 42.0 Å². The van der Waals surface area contributed by atoms with Crippen LogP contribution in [0.15, 0.2) is 30.4 Å². The van der Waals surface area contributed by atoms with Gasteiger partial charge in [-0.05, 0) is 18.6 Å².